The Kier molecular flexibility index (Phi) is 6.36. The predicted octanol–water partition coefficient (Wildman–Crippen LogP) is 4.28. The van der Waals surface area contributed by atoms with Gasteiger partial charge in [0.25, 0.3) is 5.91 Å². The Morgan fingerprint density at radius 1 is 0.963 bits per heavy atom. The van der Waals surface area contributed by atoms with Crippen molar-refractivity contribution in [2.45, 2.75) is 39.0 Å². The van der Waals surface area contributed by atoms with E-state index >= 15 is 0 Å². The molecule has 2 aromatic carbocycles. The molecule has 1 saturated carbocycles. The second-order valence-electron chi connectivity index (χ2n) is 7.01. The lowest BCUT2D eigenvalue weighted by Crippen LogP contribution is -2.24. The number of carbonyl (C=O) groups is 2. The number of aryl methyl sites for hydroxylation is 1. The van der Waals surface area contributed by atoms with E-state index in [9.17, 15) is 9.59 Å². The number of anilines is 1. The summed E-state index contributed by atoms with van der Waals surface area (Å²) in [5.41, 5.74) is 5.81. The van der Waals surface area contributed by atoms with Crippen molar-refractivity contribution in [3.8, 4) is 0 Å². The lowest BCUT2D eigenvalue weighted by atomic mass is 9.88. The van der Waals surface area contributed by atoms with Gasteiger partial charge in [-0.25, -0.2) is 5.43 Å². The molecule has 0 atom stereocenters. The maximum Gasteiger partial charge on any atom is 0.271 e. The Hall–Kier alpha value is -2.95. The Labute approximate surface area is 159 Å². The van der Waals surface area contributed by atoms with Crippen LogP contribution in [-0.2, 0) is 4.79 Å². The first kappa shape index (κ1) is 18.8. The number of carbonyl (C=O) groups excluding carboxylic acids is 2. The van der Waals surface area contributed by atoms with Crippen molar-refractivity contribution in [3.05, 3.63) is 65.2 Å². The monoisotopic (exact) mass is 363 g/mol. The molecule has 1 aliphatic rings. The van der Waals surface area contributed by atoms with Gasteiger partial charge in [0.2, 0.25) is 5.91 Å². The van der Waals surface area contributed by atoms with Gasteiger partial charge in [0.05, 0.1) is 6.21 Å². The van der Waals surface area contributed by atoms with Crippen LogP contribution in [0.25, 0.3) is 0 Å². The largest absolute Gasteiger partial charge is 0.326 e. The topological polar surface area (TPSA) is 70.6 Å². The zero-order chi connectivity index (χ0) is 19.1. The molecule has 0 aromatic heterocycles. The molecule has 2 aromatic rings. The van der Waals surface area contributed by atoms with Crippen molar-refractivity contribution >= 4 is 23.7 Å². The van der Waals surface area contributed by atoms with E-state index in [2.05, 4.69) is 15.8 Å². The highest BCUT2D eigenvalue weighted by atomic mass is 16.2. The fourth-order valence-electron chi connectivity index (χ4n) is 3.20. The number of nitrogens with zero attached hydrogens (tertiary/aromatic N) is 1. The molecular formula is C22H25N3O2. The zero-order valence-corrected chi connectivity index (χ0v) is 15.6. The van der Waals surface area contributed by atoms with Gasteiger partial charge in [-0.05, 0) is 49.6 Å². The number of amides is 2. The molecule has 1 fully saturated rings. The third kappa shape index (κ3) is 5.51. The van der Waals surface area contributed by atoms with Crippen LogP contribution < -0.4 is 10.7 Å². The lowest BCUT2D eigenvalue weighted by molar-refractivity contribution is -0.120. The van der Waals surface area contributed by atoms with Crippen LogP contribution in [0.1, 0.15) is 53.6 Å². The van der Waals surface area contributed by atoms with Gasteiger partial charge in [-0.2, -0.15) is 5.10 Å². The maximum absolute atomic E-state index is 12.3. The van der Waals surface area contributed by atoms with Crippen molar-refractivity contribution in [2.24, 2.45) is 11.0 Å². The van der Waals surface area contributed by atoms with Crippen LogP contribution >= 0.6 is 0 Å². The van der Waals surface area contributed by atoms with Crippen LogP contribution in [-0.4, -0.2) is 18.0 Å². The average Bonchev–Trinajstić information content (AvgIpc) is 2.70. The van der Waals surface area contributed by atoms with Crippen molar-refractivity contribution in [2.75, 3.05) is 5.32 Å². The molecule has 0 heterocycles. The van der Waals surface area contributed by atoms with Crippen LogP contribution in [0, 0.1) is 12.8 Å². The summed E-state index contributed by atoms with van der Waals surface area (Å²) in [4.78, 5) is 24.4. The van der Waals surface area contributed by atoms with E-state index in [0.717, 1.165) is 31.2 Å². The first-order valence-electron chi connectivity index (χ1n) is 9.43. The van der Waals surface area contributed by atoms with Crippen molar-refractivity contribution < 1.29 is 9.59 Å². The molecule has 2 amide bonds. The predicted molar refractivity (Wildman–Crippen MR) is 108 cm³/mol. The van der Waals surface area contributed by atoms with Gasteiger partial charge in [-0.3, -0.25) is 9.59 Å². The third-order valence-electron chi connectivity index (χ3n) is 4.85. The summed E-state index contributed by atoms with van der Waals surface area (Å²) in [6, 6.07) is 14.7. The summed E-state index contributed by atoms with van der Waals surface area (Å²) in [5.74, 6) is -0.101. The molecule has 3 rings (SSSR count). The summed E-state index contributed by atoms with van der Waals surface area (Å²) in [6.07, 6.45) is 7.01. The summed E-state index contributed by atoms with van der Waals surface area (Å²) >= 11 is 0. The SMILES string of the molecule is Cc1ccc(/C=N/NC(=O)c2ccc(NC(=O)C3CCCCC3)cc2)cc1. The standard InChI is InChI=1S/C22H25N3O2/c1-16-7-9-17(10-8-16)15-23-25-22(27)19-11-13-20(14-12-19)24-21(26)18-5-3-2-4-6-18/h7-15,18H,2-6H2,1H3,(H,24,26)(H,25,27)/b23-15+. The van der Waals surface area contributed by atoms with Gasteiger partial charge in [0, 0.05) is 17.2 Å². The molecule has 0 unspecified atom stereocenters. The minimum absolute atomic E-state index is 0.0783. The van der Waals surface area contributed by atoms with Crippen LogP contribution in [0.3, 0.4) is 0 Å². The fourth-order valence-corrected chi connectivity index (χ4v) is 3.20. The van der Waals surface area contributed by atoms with E-state index in [0.29, 0.717) is 11.3 Å². The summed E-state index contributed by atoms with van der Waals surface area (Å²) in [5, 5.41) is 6.93. The smallest absolute Gasteiger partial charge is 0.271 e. The van der Waals surface area contributed by atoms with E-state index in [4.69, 9.17) is 0 Å². The highest BCUT2D eigenvalue weighted by Gasteiger charge is 2.21. The molecule has 0 spiro atoms. The summed E-state index contributed by atoms with van der Waals surface area (Å²) < 4.78 is 0. The number of hydrogen-bond donors (Lipinski definition) is 2. The number of benzene rings is 2. The molecule has 27 heavy (non-hydrogen) atoms. The molecule has 0 saturated heterocycles. The Morgan fingerprint density at radius 2 is 1.63 bits per heavy atom. The molecule has 1 aliphatic carbocycles. The Balaban J connectivity index is 1.52. The quantitative estimate of drug-likeness (QED) is 0.615. The zero-order valence-electron chi connectivity index (χ0n) is 15.6. The molecule has 5 heteroatoms. The average molecular weight is 363 g/mol. The second-order valence-corrected chi connectivity index (χ2v) is 7.01. The van der Waals surface area contributed by atoms with E-state index in [1.54, 1.807) is 30.5 Å². The third-order valence-corrected chi connectivity index (χ3v) is 4.85. The molecule has 5 nitrogen and oxygen atoms in total. The Morgan fingerprint density at radius 3 is 2.30 bits per heavy atom. The molecule has 2 N–H and O–H groups in total. The van der Waals surface area contributed by atoms with Gasteiger partial charge < -0.3 is 5.32 Å². The highest BCUT2D eigenvalue weighted by molar-refractivity contribution is 5.96. The van der Waals surface area contributed by atoms with Crippen LogP contribution in [0.5, 0.6) is 0 Å². The van der Waals surface area contributed by atoms with Crippen LogP contribution in [0.15, 0.2) is 53.6 Å². The number of rotatable bonds is 5. The minimum Gasteiger partial charge on any atom is -0.326 e. The maximum atomic E-state index is 12.3. The number of nitrogens with one attached hydrogen (secondary N) is 2. The van der Waals surface area contributed by atoms with Crippen molar-refractivity contribution in [1.82, 2.24) is 5.43 Å². The Bertz CT molecular complexity index is 804. The lowest BCUT2D eigenvalue weighted by Gasteiger charge is -2.20. The van der Waals surface area contributed by atoms with Gasteiger partial charge in [-0.15, -0.1) is 0 Å². The fraction of sp³-hybridized carbons (Fsp3) is 0.318. The minimum atomic E-state index is -0.288. The van der Waals surface area contributed by atoms with Crippen molar-refractivity contribution in [1.29, 1.82) is 0 Å². The normalized spacial score (nSPS) is 14.9. The van der Waals surface area contributed by atoms with Gasteiger partial charge in [-0.1, -0.05) is 49.1 Å². The van der Waals surface area contributed by atoms with Crippen LogP contribution in [0.4, 0.5) is 5.69 Å². The van der Waals surface area contributed by atoms with E-state index < -0.39 is 0 Å². The summed E-state index contributed by atoms with van der Waals surface area (Å²) in [7, 11) is 0. The van der Waals surface area contributed by atoms with Gasteiger partial charge >= 0.3 is 0 Å². The van der Waals surface area contributed by atoms with E-state index in [1.807, 2.05) is 31.2 Å². The van der Waals surface area contributed by atoms with E-state index in [1.165, 1.54) is 12.0 Å². The second kappa shape index (κ2) is 9.12. The van der Waals surface area contributed by atoms with Gasteiger partial charge in [0.1, 0.15) is 0 Å². The first-order chi connectivity index (χ1) is 13.1. The first-order valence-corrected chi connectivity index (χ1v) is 9.43. The van der Waals surface area contributed by atoms with Crippen LogP contribution in [0.2, 0.25) is 0 Å². The molecular weight excluding hydrogens is 338 g/mol. The van der Waals surface area contributed by atoms with Gasteiger partial charge in [0.15, 0.2) is 0 Å². The molecule has 140 valence electrons. The van der Waals surface area contributed by atoms with Crippen molar-refractivity contribution in [3.63, 3.8) is 0 Å². The molecule has 0 aliphatic heterocycles. The number of hydrogen-bond acceptors (Lipinski definition) is 3. The molecule has 0 bridgehead atoms. The summed E-state index contributed by atoms with van der Waals surface area (Å²) in [6.45, 7) is 2.02. The molecule has 0 radical (unpaired) electrons. The number of hydrazone groups is 1. The van der Waals surface area contributed by atoms with E-state index in [-0.39, 0.29) is 17.7 Å². The highest BCUT2D eigenvalue weighted by Crippen LogP contribution is 2.25.